The Bertz CT molecular complexity index is 223. The molecule has 0 aliphatic carbocycles. The fourth-order valence-corrected chi connectivity index (χ4v) is 1.94. The predicted octanol–water partition coefficient (Wildman–Crippen LogP) is -1.36. The lowest BCUT2D eigenvalue weighted by Crippen LogP contribution is -2.37. The van der Waals surface area contributed by atoms with Crippen molar-refractivity contribution in [3.63, 3.8) is 0 Å². The molecule has 0 aromatic carbocycles. The van der Waals surface area contributed by atoms with E-state index in [1.165, 1.54) is 0 Å². The molecule has 0 spiro atoms. The molecule has 0 rings (SSSR count). The van der Waals surface area contributed by atoms with Crippen LogP contribution in [0.15, 0.2) is 0 Å². The number of hydrogen-bond acceptors (Lipinski definition) is 5. The topological polar surface area (TPSA) is 89.4 Å². The average molecular weight is 223 g/mol. The molecule has 0 radical (unpaired) electrons. The molecular formula is C8H21N3O2S. The van der Waals surface area contributed by atoms with Crippen LogP contribution in [0.3, 0.4) is 0 Å². The first kappa shape index (κ1) is 13.8. The minimum Gasteiger partial charge on any atom is -0.329 e. The van der Waals surface area contributed by atoms with Gasteiger partial charge in [0.05, 0.1) is 5.75 Å². The second-order valence-corrected chi connectivity index (χ2v) is 5.63. The first-order chi connectivity index (χ1) is 6.55. The van der Waals surface area contributed by atoms with Crippen molar-refractivity contribution >= 4 is 9.84 Å². The van der Waals surface area contributed by atoms with Crippen molar-refractivity contribution in [2.75, 3.05) is 44.2 Å². The number of hydrogen-bond donors (Lipinski definition) is 2. The van der Waals surface area contributed by atoms with Crippen LogP contribution in [-0.2, 0) is 9.84 Å². The summed E-state index contributed by atoms with van der Waals surface area (Å²) in [6, 6.07) is 0. The highest BCUT2D eigenvalue weighted by molar-refractivity contribution is 7.91. The molecule has 0 aliphatic heterocycles. The quantitative estimate of drug-likeness (QED) is 0.530. The van der Waals surface area contributed by atoms with Crippen LogP contribution in [0.25, 0.3) is 0 Å². The van der Waals surface area contributed by atoms with Gasteiger partial charge in [-0.1, -0.05) is 6.92 Å². The molecule has 5 nitrogen and oxygen atoms in total. The van der Waals surface area contributed by atoms with Gasteiger partial charge in [-0.3, -0.25) is 4.90 Å². The third-order valence-corrected chi connectivity index (χ3v) is 3.73. The van der Waals surface area contributed by atoms with Gasteiger partial charge in [-0.25, -0.2) is 8.42 Å². The lowest BCUT2D eigenvalue weighted by molar-refractivity contribution is 0.305. The van der Waals surface area contributed by atoms with E-state index in [1.54, 1.807) is 6.92 Å². The van der Waals surface area contributed by atoms with E-state index in [9.17, 15) is 8.42 Å². The first-order valence-electron chi connectivity index (χ1n) is 4.88. The molecule has 0 aliphatic rings. The fourth-order valence-electron chi connectivity index (χ4n) is 1.11. The Morgan fingerprint density at radius 3 is 1.93 bits per heavy atom. The van der Waals surface area contributed by atoms with E-state index in [1.807, 2.05) is 4.90 Å². The smallest absolute Gasteiger partial charge is 0.151 e. The van der Waals surface area contributed by atoms with Crippen LogP contribution in [0.1, 0.15) is 6.92 Å². The zero-order valence-electron chi connectivity index (χ0n) is 8.78. The van der Waals surface area contributed by atoms with Gasteiger partial charge in [0.15, 0.2) is 9.84 Å². The SMILES string of the molecule is CCS(=O)(=O)CCN(CCN)CCN. The summed E-state index contributed by atoms with van der Waals surface area (Å²) in [4.78, 5) is 1.98. The zero-order valence-corrected chi connectivity index (χ0v) is 9.59. The number of nitrogens with two attached hydrogens (primary N) is 2. The molecule has 0 aromatic rings. The molecule has 14 heavy (non-hydrogen) atoms. The molecule has 0 atom stereocenters. The largest absolute Gasteiger partial charge is 0.329 e. The maximum absolute atomic E-state index is 11.2. The predicted molar refractivity (Wildman–Crippen MR) is 58.9 cm³/mol. The van der Waals surface area contributed by atoms with Gasteiger partial charge in [0.25, 0.3) is 0 Å². The van der Waals surface area contributed by atoms with E-state index in [4.69, 9.17) is 11.5 Å². The molecule has 0 heterocycles. The molecule has 0 amide bonds. The summed E-state index contributed by atoms with van der Waals surface area (Å²) in [5.41, 5.74) is 10.8. The number of sulfone groups is 1. The molecule has 0 aromatic heterocycles. The third kappa shape index (κ3) is 6.31. The number of nitrogens with zero attached hydrogens (tertiary/aromatic N) is 1. The van der Waals surface area contributed by atoms with Gasteiger partial charge in [0, 0.05) is 38.5 Å². The first-order valence-corrected chi connectivity index (χ1v) is 6.70. The van der Waals surface area contributed by atoms with Crippen LogP contribution in [0.5, 0.6) is 0 Å². The summed E-state index contributed by atoms with van der Waals surface area (Å²) in [6.07, 6.45) is 0. The average Bonchev–Trinajstić information content (AvgIpc) is 2.15. The van der Waals surface area contributed by atoms with Gasteiger partial charge in [0.2, 0.25) is 0 Å². The lowest BCUT2D eigenvalue weighted by atomic mass is 10.4. The monoisotopic (exact) mass is 223 g/mol. The van der Waals surface area contributed by atoms with E-state index >= 15 is 0 Å². The number of rotatable bonds is 8. The summed E-state index contributed by atoms with van der Waals surface area (Å²) in [7, 11) is -2.87. The summed E-state index contributed by atoms with van der Waals surface area (Å²) in [5.74, 6) is 0.398. The highest BCUT2D eigenvalue weighted by atomic mass is 32.2. The van der Waals surface area contributed by atoms with E-state index < -0.39 is 9.84 Å². The Kier molecular flexibility index (Phi) is 7.08. The van der Waals surface area contributed by atoms with Gasteiger partial charge in [-0.2, -0.15) is 0 Å². The van der Waals surface area contributed by atoms with Crippen LogP contribution < -0.4 is 11.5 Å². The van der Waals surface area contributed by atoms with E-state index in [0.29, 0.717) is 32.7 Å². The second kappa shape index (κ2) is 7.17. The minimum absolute atomic E-state index is 0.198. The lowest BCUT2D eigenvalue weighted by Gasteiger charge is -2.20. The Morgan fingerprint density at radius 2 is 1.57 bits per heavy atom. The maximum atomic E-state index is 11.2. The molecule has 0 saturated heterocycles. The van der Waals surface area contributed by atoms with Gasteiger partial charge >= 0.3 is 0 Å². The Balaban J connectivity index is 3.92. The Labute approximate surface area is 86.4 Å². The maximum Gasteiger partial charge on any atom is 0.151 e. The van der Waals surface area contributed by atoms with Crippen molar-refractivity contribution in [3.8, 4) is 0 Å². The van der Waals surface area contributed by atoms with Crippen LogP contribution in [0.2, 0.25) is 0 Å². The summed E-state index contributed by atoms with van der Waals surface area (Å²) < 4.78 is 22.4. The van der Waals surface area contributed by atoms with Gasteiger partial charge in [0.1, 0.15) is 0 Å². The van der Waals surface area contributed by atoms with Gasteiger partial charge in [-0.05, 0) is 0 Å². The van der Waals surface area contributed by atoms with E-state index in [0.717, 1.165) is 0 Å². The van der Waals surface area contributed by atoms with Crippen molar-refractivity contribution in [1.29, 1.82) is 0 Å². The van der Waals surface area contributed by atoms with E-state index in [-0.39, 0.29) is 11.5 Å². The van der Waals surface area contributed by atoms with Crippen molar-refractivity contribution in [1.82, 2.24) is 4.90 Å². The zero-order chi connectivity index (χ0) is 11.0. The summed E-state index contributed by atoms with van der Waals surface area (Å²) >= 11 is 0. The van der Waals surface area contributed by atoms with Crippen LogP contribution in [-0.4, -0.2) is 57.5 Å². The standard InChI is InChI=1S/C8H21N3O2S/c1-2-14(12,13)8-7-11(5-3-9)6-4-10/h2-10H2,1H3. The molecular weight excluding hydrogens is 202 g/mol. The normalized spacial score (nSPS) is 12.3. The highest BCUT2D eigenvalue weighted by Gasteiger charge is 2.10. The fraction of sp³-hybridized carbons (Fsp3) is 1.00. The molecule has 0 unspecified atom stereocenters. The molecule has 0 saturated carbocycles. The van der Waals surface area contributed by atoms with Crippen LogP contribution in [0.4, 0.5) is 0 Å². The molecule has 0 fully saturated rings. The van der Waals surface area contributed by atoms with Gasteiger partial charge in [-0.15, -0.1) is 0 Å². The third-order valence-electron chi connectivity index (χ3n) is 2.05. The molecule has 4 N–H and O–H groups in total. The van der Waals surface area contributed by atoms with Crippen molar-refractivity contribution in [2.24, 2.45) is 11.5 Å². The second-order valence-electron chi connectivity index (χ2n) is 3.16. The molecule has 6 heteroatoms. The molecule has 86 valence electrons. The molecule has 0 bridgehead atoms. The highest BCUT2D eigenvalue weighted by Crippen LogP contribution is 1.93. The van der Waals surface area contributed by atoms with E-state index in [2.05, 4.69) is 0 Å². The Morgan fingerprint density at radius 1 is 1.07 bits per heavy atom. The minimum atomic E-state index is -2.87. The van der Waals surface area contributed by atoms with Crippen molar-refractivity contribution in [2.45, 2.75) is 6.92 Å². The van der Waals surface area contributed by atoms with Crippen LogP contribution >= 0.6 is 0 Å². The van der Waals surface area contributed by atoms with Gasteiger partial charge < -0.3 is 11.5 Å². The Hall–Kier alpha value is -0.170. The summed E-state index contributed by atoms with van der Waals surface area (Å²) in [5, 5.41) is 0. The summed E-state index contributed by atoms with van der Waals surface area (Å²) in [6.45, 7) is 4.67. The van der Waals surface area contributed by atoms with Crippen LogP contribution in [0, 0.1) is 0 Å². The van der Waals surface area contributed by atoms with Crippen molar-refractivity contribution < 1.29 is 8.42 Å². The van der Waals surface area contributed by atoms with Crippen molar-refractivity contribution in [3.05, 3.63) is 0 Å².